The van der Waals surface area contributed by atoms with Crippen molar-refractivity contribution < 1.29 is 14.3 Å². The number of carbonyl (C=O) groups excluding carboxylic acids is 2. The van der Waals surface area contributed by atoms with E-state index < -0.39 is 34.7 Å². The van der Waals surface area contributed by atoms with E-state index >= 15 is 0 Å². The van der Waals surface area contributed by atoms with Crippen molar-refractivity contribution in [2.24, 2.45) is 16.6 Å². The second-order valence-corrected chi connectivity index (χ2v) is 8.95. The van der Waals surface area contributed by atoms with Gasteiger partial charge in [0.15, 0.2) is 0 Å². The highest BCUT2D eigenvalue weighted by molar-refractivity contribution is 6.11. The Balaban J connectivity index is 1.71. The van der Waals surface area contributed by atoms with Gasteiger partial charge in [0, 0.05) is 34.0 Å². The molecule has 1 aliphatic heterocycles. The Morgan fingerprint density at radius 1 is 1.13 bits per heavy atom. The number of ether oxygens (including phenoxy) is 1. The molecule has 3 aromatic rings. The van der Waals surface area contributed by atoms with E-state index in [1.54, 1.807) is 69.3 Å². The molecule has 0 fully saturated rings. The number of hydrogen-bond acceptors (Lipinski definition) is 7. The summed E-state index contributed by atoms with van der Waals surface area (Å²) < 4.78 is 5.28. The van der Waals surface area contributed by atoms with Crippen LogP contribution in [0, 0.1) is 25.2 Å². The van der Waals surface area contributed by atoms with Crippen LogP contribution in [0.4, 0.5) is 5.69 Å². The number of nitrogens with zero attached hydrogens (tertiary/aromatic N) is 1. The average Bonchev–Trinajstić information content (AvgIpc) is 2.92. The largest absolute Gasteiger partial charge is 0.465 e. The maximum Gasteiger partial charge on any atom is 0.317 e. The first kappa shape index (κ1) is 26.9. The molecule has 0 radical (unpaired) electrons. The van der Waals surface area contributed by atoms with Crippen molar-refractivity contribution in [2.75, 3.05) is 11.9 Å². The Hall–Kier alpha value is -5.17. The van der Waals surface area contributed by atoms with Gasteiger partial charge in [0.2, 0.25) is 5.43 Å². The molecule has 0 aliphatic carbocycles. The summed E-state index contributed by atoms with van der Waals surface area (Å²) in [4.78, 5) is 54.6. The van der Waals surface area contributed by atoms with Gasteiger partial charge in [-0.1, -0.05) is 30.2 Å². The minimum absolute atomic E-state index is 0.0493. The number of anilines is 1. The first-order valence-corrected chi connectivity index (χ1v) is 12.2. The highest BCUT2D eigenvalue weighted by Crippen LogP contribution is 2.39. The molecule has 5 N–H and O–H groups in total. The average molecular weight is 526 g/mol. The predicted molar refractivity (Wildman–Crippen MR) is 148 cm³/mol. The van der Waals surface area contributed by atoms with Gasteiger partial charge in [-0.15, -0.1) is 6.42 Å². The Kier molecular flexibility index (Phi) is 7.63. The van der Waals surface area contributed by atoms with Gasteiger partial charge in [0.25, 0.3) is 5.91 Å². The number of amides is 1. The van der Waals surface area contributed by atoms with Gasteiger partial charge in [-0.3, -0.25) is 29.4 Å². The highest BCUT2D eigenvalue weighted by Gasteiger charge is 2.42. The minimum Gasteiger partial charge on any atom is -0.465 e. The van der Waals surface area contributed by atoms with Crippen LogP contribution in [0.1, 0.15) is 36.5 Å². The fourth-order valence-corrected chi connectivity index (χ4v) is 4.62. The summed E-state index contributed by atoms with van der Waals surface area (Å²) >= 11 is 0. The molecule has 2 aromatic carbocycles. The summed E-state index contributed by atoms with van der Waals surface area (Å²) in [6.45, 7) is 5.03. The number of nitrogens with two attached hydrogens (primary N) is 1. The number of benzene rings is 2. The zero-order valence-electron chi connectivity index (χ0n) is 21.6. The second kappa shape index (κ2) is 11.1. The second-order valence-electron chi connectivity index (χ2n) is 8.95. The molecule has 10 nitrogen and oxygen atoms in total. The van der Waals surface area contributed by atoms with Gasteiger partial charge in [0.1, 0.15) is 11.8 Å². The molecule has 2 atom stereocenters. The summed E-state index contributed by atoms with van der Waals surface area (Å²) in [5.41, 5.74) is 8.50. The van der Waals surface area contributed by atoms with Crippen LogP contribution < -0.4 is 22.0 Å². The van der Waals surface area contributed by atoms with Crippen molar-refractivity contribution in [1.82, 2.24) is 10.2 Å². The van der Waals surface area contributed by atoms with Crippen LogP contribution in [0.25, 0.3) is 11.3 Å². The SMILES string of the molecule is C#Cc1cccc(C2C(C(=O)Nc3ccc(-c4[nH][nH]c(=O)c(=O)c4C)cc3)=C(C)N=C(N)C2C(=O)OCC)c1. The van der Waals surface area contributed by atoms with Crippen molar-refractivity contribution >= 4 is 23.4 Å². The van der Waals surface area contributed by atoms with Gasteiger partial charge >= 0.3 is 11.5 Å². The van der Waals surface area contributed by atoms with Crippen molar-refractivity contribution in [3.63, 3.8) is 0 Å². The number of aromatic amines is 2. The van der Waals surface area contributed by atoms with Gasteiger partial charge < -0.3 is 15.8 Å². The first-order valence-electron chi connectivity index (χ1n) is 12.2. The topological polar surface area (TPSA) is 159 Å². The minimum atomic E-state index is -1.02. The Morgan fingerprint density at radius 2 is 1.85 bits per heavy atom. The summed E-state index contributed by atoms with van der Waals surface area (Å²) in [6, 6.07) is 13.7. The Bertz CT molecular complexity index is 1670. The summed E-state index contributed by atoms with van der Waals surface area (Å²) in [7, 11) is 0. The first-order chi connectivity index (χ1) is 18.7. The number of nitrogens with one attached hydrogen (secondary N) is 3. The van der Waals surface area contributed by atoms with Crippen LogP contribution in [0.15, 0.2) is 74.4 Å². The molecule has 39 heavy (non-hydrogen) atoms. The number of terminal acetylenes is 1. The van der Waals surface area contributed by atoms with E-state index in [0.29, 0.717) is 33.8 Å². The van der Waals surface area contributed by atoms with Crippen LogP contribution in [-0.4, -0.2) is 34.5 Å². The van der Waals surface area contributed by atoms with Crippen LogP contribution in [0.5, 0.6) is 0 Å². The smallest absolute Gasteiger partial charge is 0.317 e. The number of hydrogen-bond donors (Lipinski definition) is 4. The van der Waals surface area contributed by atoms with Crippen LogP contribution >= 0.6 is 0 Å². The standard InChI is InChI=1S/C29H27N5O5/c1-5-17-8-7-9-19(14-17)22-21(16(4)31-26(30)23(22)29(38)39-6-2)27(36)32-20-12-10-18(11-13-20)24-15(3)25(35)28(37)34-33-24/h1,7-14,22-23H,6H2,2-4H3,(H2,30,31)(H,32,36)(H,33,35)(H,34,37). The lowest BCUT2D eigenvalue weighted by molar-refractivity contribution is -0.146. The van der Waals surface area contributed by atoms with Crippen LogP contribution in [0.3, 0.4) is 0 Å². The number of aromatic nitrogens is 2. The molecular formula is C29H27N5O5. The maximum absolute atomic E-state index is 13.7. The van der Waals surface area contributed by atoms with Gasteiger partial charge in [-0.05, 0) is 56.2 Å². The lowest BCUT2D eigenvalue weighted by atomic mass is 9.76. The van der Waals surface area contributed by atoms with E-state index in [1.807, 2.05) is 0 Å². The molecule has 0 saturated heterocycles. The summed E-state index contributed by atoms with van der Waals surface area (Å²) in [5, 5.41) is 7.90. The van der Waals surface area contributed by atoms with Crippen molar-refractivity contribution in [2.45, 2.75) is 26.7 Å². The summed E-state index contributed by atoms with van der Waals surface area (Å²) in [5.74, 6) is -0.259. The van der Waals surface area contributed by atoms with Crippen molar-refractivity contribution in [1.29, 1.82) is 0 Å². The monoisotopic (exact) mass is 525 g/mol. The van der Waals surface area contributed by atoms with E-state index in [9.17, 15) is 19.2 Å². The third-order valence-corrected chi connectivity index (χ3v) is 6.50. The predicted octanol–water partition coefficient (Wildman–Crippen LogP) is 2.57. The molecule has 0 bridgehead atoms. The highest BCUT2D eigenvalue weighted by atomic mass is 16.5. The summed E-state index contributed by atoms with van der Waals surface area (Å²) in [6.07, 6.45) is 5.60. The van der Waals surface area contributed by atoms with Gasteiger partial charge in [-0.2, -0.15) is 0 Å². The van der Waals surface area contributed by atoms with E-state index in [1.165, 1.54) is 0 Å². The number of H-pyrrole nitrogens is 2. The molecule has 0 spiro atoms. The van der Waals surface area contributed by atoms with E-state index in [4.69, 9.17) is 16.9 Å². The molecule has 1 amide bonds. The quantitative estimate of drug-likeness (QED) is 0.220. The third kappa shape index (κ3) is 5.29. The maximum atomic E-state index is 13.7. The van der Waals surface area contributed by atoms with E-state index in [0.717, 1.165) is 0 Å². The number of esters is 1. The zero-order valence-corrected chi connectivity index (χ0v) is 21.6. The van der Waals surface area contributed by atoms with E-state index in [-0.39, 0.29) is 23.6 Å². The molecule has 2 heterocycles. The fraction of sp³-hybridized carbons (Fsp3) is 0.207. The lowest BCUT2D eigenvalue weighted by Gasteiger charge is -2.31. The Morgan fingerprint density at radius 3 is 2.51 bits per heavy atom. The molecule has 10 heteroatoms. The molecule has 4 rings (SSSR count). The molecule has 1 aliphatic rings. The lowest BCUT2D eigenvalue weighted by Crippen LogP contribution is -2.42. The molecule has 1 aromatic heterocycles. The number of rotatable bonds is 6. The molecule has 2 unspecified atom stereocenters. The Labute approximate surface area is 224 Å². The van der Waals surface area contributed by atoms with E-state index in [2.05, 4.69) is 26.4 Å². The number of allylic oxidation sites excluding steroid dienone is 1. The van der Waals surface area contributed by atoms with Crippen LogP contribution in [0.2, 0.25) is 0 Å². The third-order valence-electron chi connectivity index (χ3n) is 6.50. The normalized spacial score (nSPS) is 16.7. The van der Waals surface area contributed by atoms with Gasteiger partial charge in [-0.25, -0.2) is 4.99 Å². The zero-order chi connectivity index (χ0) is 28.3. The van der Waals surface area contributed by atoms with Crippen LogP contribution in [-0.2, 0) is 14.3 Å². The van der Waals surface area contributed by atoms with Gasteiger partial charge in [0.05, 0.1) is 12.3 Å². The van der Waals surface area contributed by atoms with Crippen molar-refractivity contribution in [3.05, 3.63) is 97.1 Å². The fourth-order valence-electron chi connectivity index (χ4n) is 4.62. The molecule has 198 valence electrons. The number of amidine groups is 1. The van der Waals surface area contributed by atoms with Crippen molar-refractivity contribution in [3.8, 4) is 23.6 Å². The number of aliphatic imine (C=N–C) groups is 1. The molecule has 0 saturated carbocycles. The number of carbonyl (C=O) groups is 2. The molecular weight excluding hydrogens is 498 g/mol.